The zero-order chi connectivity index (χ0) is 19.6. The minimum absolute atomic E-state index is 0.0565. The zero-order valence-electron chi connectivity index (χ0n) is 16.2. The van der Waals surface area contributed by atoms with Crippen LogP contribution in [0.5, 0.6) is 5.75 Å². The molecule has 2 aromatic rings. The lowest BCUT2D eigenvalue weighted by atomic mass is 10.0. The maximum absolute atomic E-state index is 13.1. The summed E-state index contributed by atoms with van der Waals surface area (Å²) in [5, 5.41) is 7.89. The molecule has 0 saturated heterocycles. The first-order chi connectivity index (χ1) is 13.8. The highest BCUT2D eigenvalue weighted by molar-refractivity contribution is 8.09. The molecule has 1 aliphatic rings. The predicted molar refractivity (Wildman–Crippen MR) is 121 cm³/mol. The summed E-state index contributed by atoms with van der Waals surface area (Å²) in [6, 6.07) is 18.0. The summed E-state index contributed by atoms with van der Waals surface area (Å²) in [6.07, 6.45) is 2.87. The van der Waals surface area contributed by atoms with Crippen LogP contribution in [-0.2, 0) is 6.42 Å². The Hall–Kier alpha value is -1.85. The number of nitrogens with one attached hydrogen (secondary N) is 1. The molecular formula is C23H27NO2S2. The molecular weight excluding hydrogens is 386 g/mol. The Kier molecular flexibility index (Phi) is 8.37. The number of ether oxygens (including phenoxy) is 1. The summed E-state index contributed by atoms with van der Waals surface area (Å²) in [5.74, 6) is 1.60. The van der Waals surface area contributed by atoms with Gasteiger partial charge in [0.1, 0.15) is 5.75 Å². The van der Waals surface area contributed by atoms with E-state index in [4.69, 9.17) is 4.74 Å². The maximum Gasteiger partial charge on any atom is 0.255 e. The van der Waals surface area contributed by atoms with Crippen LogP contribution < -0.4 is 10.1 Å². The molecule has 2 unspecified atom stereocenters. The second-order valence-electron chi connectivity index (χ2n) is 6.75. The van der Waals surface area contributed by atoms with Crippen molar-refractivity contribution in [1.29, 1.82) is 0 Å². The quantitative estimate of drug-likeness (QED) is 0.549. The highest BCUT2D eigenvalue weighted by Crippen LogP contribution is 2.29. The first kappa shape index (κ1) is 20.9. The van der Waals surface area contributed by atoms with Crippen LogP contribution in [0.1, 0.15) is 35.7 Å². The van der Waals surface area contributed by atoms with Crippen LogP contribution in [0, 0.1) is 0 Å². The van der Waals surface area contributed by atoms with E-state index in [0.29, 0.717) is 23.2 Å². The molecule has 0 bridgehead atoms. The van der Waals surface area contributed by atoms with Crippen molar-refractivity contribution in [3.05, 3.63) is 76.5 Å². The van der Waals surface area contributed by atoms with E-state index < -0.39 is 0 Å². The van der Waals surface area contributed by atoms with Gasteiger partial charge in [-0.1, -0.05) is 55.8 Å². The molecule has 148 valence electrons. The van der Waals surface area contributed by atoms with Crippen molar-refractivity contribution in [3.8, 4) is 5.75 Å². The van der Waals surface area contributed by atoms with E-state index in [1.807, 2.05) is 42.5 Å². The SMILES string of the molecule is CCCCOc1ccccc1C(=O)NC(Cc1ccccc1)C1CSC=CS1. The number of benzene rings is 2. The van der Waals surface area contributed by atoms with Gasteiger partial charge in [0.05, 0.1) is 12.2 Å². The lowest BCUT2D eigenvalue weighted by Gasteiger charge is -2.28. The molecule has 0 radical (unpaired) electrons. The second-order valence-corrected chi connectivity index (χ2v) is 8.84. The van der Waals surface area contributed by atoms with Crippen molar-refractivity contribution in [2.45, 2.75) is 37.5 Å². The van der Waals surface area contributed by atoms with Gasteiger partial charge in [-0.2, -0.15) is 0 Å². The van der Waals surface area contributed by atoms with Crippen molar-refractivity contribution < 1.29 is 9.53 Å². The number of hydrogen-bond donors (Lipinski definition) is 1. The monoisotopic (exact) mass is 413 g/mol. The Morgan fingerprint density at radius 1 is 1.14 bits per heavy atom. The Labute approximate surface area is 176 Å². The number of hydrogen-bond acceptors (Lipinski definition) is 4. The fraction of sp³-hybridized carbons (Fsp3) is 0.348. The number of rotatable bonds is 9. The van der Waals surface area contributed by atoms with Crippen LogP contribution in [0.25, 0.3) is 0 Å². The highest BCUT2D eigenvalue weighted by atomic mass is 32.2. The molecule has 28 heavy (non-hydrogen) atoms. The van der Waals surface area contributed by atoms with E-state index >= 15 is 0 Å². The minimum atomic E-state index is -0.0619. The molecule has 2 atom stereocenters. The maximum atomic E-state index is 13.1. The number of thioether (sulfide) groups is 2. The van der Waals surface area contributed by atoms with Gasteiger partial charge in [-0.15, -0.1) is 23.5 Å². The third-order valence-corrected chi connectivity index (χ3v) is 7.02. The molecule has 3 rings (SSSR count). The average molecular weight is 414 g/mol. The molecule has 0 saturated carbocycles. The molecule has 0 aromatic heterocycles. The fourth-order valence-corrected chi connectivity index (χ4v) is 5.28. The molecule has 0 aliphatic carbocycles. The van der Waals surface area contributed by atoms with Gasteiger partial charge in [0.25, 0.3) is 5.91 Å². The number of para-hydroxylation sites is 1. The summed E-state index contributed by atoms with van der Waals surface area (Å²) in [4.78, 5) is 13.1. The van der Waals surface area contributed by atoms with Crippen molar-refractivity contribution >= 4 is 29.4 Å². The molecule has 1 amide bonds. The normalized spacial score (nSPS) is 17.1. The van der Waals surface area contributed by atoms with E-state index in [1.54, 1.807) is 23.5 Å². The topological polar surface area (TPSA) is 38.3 Å². The van der Waals surface area contributed by atoms with E-state index in [9.17, 15) is 4.79 Å². The van der Waals surface area contributed by atoms with Crippen LogP contribution in [0.3, 0.4) is 0 Å². The van der Waals surface area contributed by atoms with Crippen molar-refractivity contribution in [2.75, 3.05) is 12.4 Å². The number of carbonyl (C=O) groups is 1. The number of amides is 1. The lowest BCUT2D eigenvalue weighted by Crippen LogP contribution is -2.44. The zero-order valence-corrected chi connectivity index (χ0v) is 17.8. The van der Waals surface area contributed by atoms with E-state index in [0.717, 1.165) is 25.0 Å². The lowest BCUT2D eigenvalue weighted by molar-refractivity contribution is 0.0933. The Bertz CT molecular complexity index is 779. The molecule has 1 N–H and O–H groups in total. The van der Waals surface area contributed by atoms with Gasteiger partial charge in [-0.3, -0.25) is 4.79 Å². The van der Waals surface area contributed by atoms with E-state index in [-0.39, 0.29) is 11.9 Å². The van der Waals surface area contributed by atoms with E-state index in [2.05, 4.69) is 35.2 Å². The van der Waals surface area contributed by atoms with Crippen molar-refractivity contribution in [2.24, 2.45) is 0 Å². The van der Waals surface area contributed by atoms with Crippen LogP contribution in [-0.4, -0.2) is 29.6 Å². The largest absolute Gasteiger partial charge is 0.493 e. The Balaban J connectivity index is 1.74. The molecule has 0 spiro atoms. The van der Waals surface area contributed by atoms with Gasteiger partial charge in [-0.05, 0) is 41.4 Å². The van der Waals surface area contributed by atoms with Crippen LogP contribution in [0.15, 0.2) is 65.4 Å². The van der Waals surface area contributed by atoms with Gasteiger partial charge in [-0.25, -0.2) is 0 Å². The number of unbranched alkanes of at least 4 members (excludes halogenated alkanes) is 1. The third-order valence-electron chi connectivity index (χ3n) is 4.62. The van der Waals surface area contributed by atoms with Gasteiger partial charge in [0.15, 0.2) is 0 Å². The van der Waals surface area contributed by atoms with Crippen LogP contribution in [0.2, 0.25) is 0 Å². The predicted octanol–water partition coefficient (Wildman–Crippen LogP) is 5.53. The van der Waals surface area contributed by atoms with Crippen molar-refractivity contribution in [3.63, 3.8) is 0 Å². The highest BCUT2D eigenvalue weighted by Gasteiger charge is 2.26. The van der Waals surface area contributed by atoms with Gasteiger partial charge in [0.2, 0.25) is 0 Å². The summed E-state index contributed by atoms with van der Waals surface area (Å²) >= 11 is 3.61. The summed E-state index contributed by atoms with van der Waals surface area (Å²) in [6.45, 7) is 2.76. The Morgan fingerprint density at radius 3 is 2.68 bits per heavy atom. The molecule has 3 nitrogen and oxygen atoms in total. The Morgan fingerprint density at radius 2 is 1.93 bits per heavy atom. The standard InChI is InChI=1S/C23H27NO2S2/c1-2-3-13-26-21-12-8-7-11-19(21)23(25)24-20(22-17-27-14-15-28-22)16-18-9-5-4-6-10-18/h4-12,14-15,20,22H,2-3,13,16-17H2,1H3,(H,24,25). The molecule has 0 fully saturated rings. The van der Waals surface area contributed by atoms with Gasteiger partial charge >= 0.3 is 0 Å². The summed E-state index contributed by atoms with van der Waals surface area (Å²) in [7, 11) is 0. The smallest absolute Gasteiger partial charge is 0.255 e. The summed E-state index contributed by atoms with van der Waals surface area (Å²) in [5.41, 5.74) is 1.85. The van der Waals surface area contributed by atoms with Crippen molar-refractivity contribution in [1.82, 2.24) is 5.32 Å². The summed E-state index contributed by atoms with van der Waals surface area (Å²) < 4.78 is 5.86. The molecule has 2 aromatic carbocycles. The first-order valence-electron chi connectivity index (χ1n) is 9.76. The average Bonchev–Trinajstić information content (AvgIpc) is 2.75. The number of carbonyl (C=O) groups excluding carboxylic acids is 1. The molecule has 5 heteroatoms. The first-order valence-corrected chi connectivity index (χ1v) is 11.8. The second kappa shape index (κ2) is 11.2. The third kappa shape index (κ3) is 6.08. The minimum Gasteiger partial charge on any atom is -0.493 e. The van der Waals surface area contributed by atoms with Crippen LogP contribution >= 0.6 is 23.5 Å². The van der Waals surface area contributed by atoms with Gasteiger partial charge in [0, 0.05) is 17.0 Å². The molecule has 1 heterocycles. The fourth-order valence-electron chi connectivity index (χ4n) is 3.07. The van der Waals surface area contributed by atoms with Crippen LogP contribution in [0.4, 0.5) is 0 Å². The van der Waals surface area contributed by atoms with E-state index in [1.165, 1.54) is 5.56 Å². The molecule has 1 aliphatic heterocycles. The van der Waals surface area contributed by atoms with Gasteiger partial charge < -0.3 is 10.1 Å².